The Labute approximate surface area is 256 Å². The van der Waals surface area contributed by atoms with Crippen molar-refractivity contribution in [3.8, 4) is 0 Å². The molecule has 11 heteroatoms. The number of nitrogens with one attached hydrogen (secondary N) is 1. The molecular weight excluding hydrogens is 572 g/mol. The number of halogens is 1. The van der Waals surface area contributed by atoms with E-state index in [2.05, 4.69) is 32.3 Å². The molecule has 2 aromatic rings. The third-order valence-electron chi connectivity index (χ3n) is 9.77. The molecule has 1 N–H and O–H groups in total. The highest BCUT2D eigenvalue weighted by molar-refractivity contribution is 7.88. The second kappa shape index (κ2) is 13.6. The fourth-order valence-electron chi connectivity index (χ4n) is 7.07. The Hall–Kier alpha value is -2.27. The van der Waals surface area contributed by atoms with Crippen molar-refractivity contribution in [2.75, 3.05) is 51.3 Å². The Balaban J connectivity index is 1.11. The molecule has 9 nitrogen and oxygen atoms in total. The lowest BCUT2D eigenvalue weighted by Crippen LogP contribution is -2.52. The van der Waals surface area contributed by atoms with E-state index >= 15 is 0 Å². The number of amides is 1. The van der Waals surface area contributed by atoms with Gasteiger partial charge in [-0.2, -0.15) is 0 Å². The molecule has 0 radical (unpaired) electrons. The first kappa shape index (κ1) is 31.2. The second-order valence-corrected chi connectivity index (χ2v) is 14.9. The summed E-state index contributed by atoms with van der Waals surface area (Å²) in [5.74, 6) is 1.82. The van der Waals surface area contributed by atoms with E-state index in [0.717, 1.165) is 68.1 Å². The van der Waals surface area contributed by atoms with Gasteiger partial charge in [0.15, 0.2) is 0 Å². The van der Waals surface area contributed by atoms with E-state index in [1.165, 1.54) is 41.7 Å². The Kier molecular flexibility index (Phi) is 10.1. The van der Waals surface area contributed by atoms with E-state index in [0.29, 0.717) is 36.7 Å². The summed E-state index contributed by atoms with van der Waals surface area (Å²) in [7, 11) is -1.48. The second-order valence-electron chi connectivity index (χ2n) is 12.4. The normalized spacial score (nSPS) is 23.3. The summed E-state index contributed by atoms with van der Waals surface area (Å²) < 4.78 is 25.3. The van der Waals surface area contributed by atoms with Crippen LogP contribution in [0.25, 0.3) is 0 Å². The molecule has 3 fully saturated rings. The first-order valence-electron chi connectivity index (χ1n) is 15.4. The van der Waals surface area contributed by atoms with Gasteiger partial charge in [-0.3, -0.25) is 4.79 Å². The van der Waals surface area contributed by atoms with Crippen molar-refractivity contribution >= 4 is 33.3 Å². The van der Waals surface area contributed by atoms with Crippen LogP contribution in [0.4, 0.5) is 5.82 Å². The minimum absolute atomic E-state index is 0.0228. The molecule has 1 aromatic carbocycles. The molecule has 5 rings (SSSR count). The number of nitrogens with zero attached hydrogens (tertiary/aromatic N) is 5. The zero-order valence-corrected chi connectivity index (χ0v) is 26.7. The average Bonchev–Trinajstić information content (AvgIpc) is 3.00. The van der Waals surface area contributed by atoms with Crippen molar-refractivity contribution in [1.29, 1.82) is 0 Å². The highest BCUT2D eigenvalue weighted by atomic mass is 35.5. The van der Waals surface area contributed by atoms with Gasteiger partial charge >= 0.3 is 0 Å². The largest absolute Gasteiger partial charge is 0.369 e. The first-order valence-corrected chi connectivity index (χ1v) is 17.6. The van der Waals surface area contributed by atoms with Crippen molar-refractivity contribution in [2.24, 2.45) is 5.92 Å². The third kappa shape index (κ3) is 7.44. The number of aromatic nitrogens is 2. The monoisotopic (exact) mass is 616 g/mol. The van der Waals surface area contributed by atoms with Crippen molar-refractivity contribution in [3.63, 3.8) is 0 Å². The minimum atomic E-state index is -3.17. The fourth-order valence-corrected chi connectivity index (χ4v) is 7.95. The van der Waals surface area contributed by atoms with Gasteiger partial charge in [-0.05, 0) is 94.5 Å². The maximum absolute atomic E-state index is 13.5. The van der Waals surface area contributed by atoms with Gasteiger partial charge in [-0.1, -0.05) is 30.2 Å². The topological polar surface area (TPSA) is 98.7 Å². The Morgan fingerprint density at radius 3 is 2.38 bits per heavy atom. The van der Waals surface area contributed by atoms with Crippen LogP contribution in [0.5, 0.6) is 0 Å². The molecule has 1 aliphatic carbocycles. The Morgan fingerprint density at radius 2 is 1.71 bits per heavy atom. The molecular formula is C31H45ClN6O3S. The lowest BCUT2D eigenvalue weighted by molar-refractivity contribution is 0.0542. The van der Waals surface area contributed by atoms with E-state index in [1.807, 2.05) is 24.0 Å². The van der Waals surface area contributed by atoms with Crippen LogP contribution in [0.1, 0.15) is 78.9 Å². The van der Waals surface area contributed by atoms with Gasteiger partial charge in [0.1, 0.15) is 17.8 Å². The predicted molar refractivity (Wildman–Crippen MR) is 168 cm³/mol. The van der Waals surface area contributed by atoms with E-state index in [1.54, 1.807) is 7.05 Å². The number of hydrogen-bond acceptors (Lipinski definition) is 7. The number of benzene rings is 1. The number of rotatable bonds is 8. The van der Waals surface area contributed by atoms with Gasteiger partial charge in [0.05, 0.1) is 6.26 Å². The molecule has 2 saturated heterocycles. The molecule has 0 bridgehead atoms. The smallest absolute Gasteiger partial charge is 0.272 e. The number of anilines is 1. The van der Waals surface area contributed by atoms with E-state index in [9.17, 15) is 13.2 Å². The van der Waals surface area contributed by atoms with Crippen LogP contribution in [0.2, 0.25) is 5.02 Å². The molecule has 1 amide bonds. The van der Waals surface area contributed by atoms with E-state index < -0.39 is 10.0 Å². The van der Waals surface area contributed by atoms with Crippen LogP contribution in [0.15, 0.2) is 30.6 Å². The average molecular weight is 617 g/mol. The quantitative estimate of drug-likeness (QED) is 0.456. The molecule has 2 atom stereocenters. The van der Waals surface area contributed by atoms with E-state index in [4.69, 9.17) is 11.6 Å². The lowest BCUT2D eigenvalue weighted by Gasteiger charge is -2.43. The van der Waals surface area contributed by atoms with Crippen LogP contribution in [0.3, 0.4) is 0 Å². The van der Waals surface area contributed by atoms with Crippen LogP contribution < -0.4 is 5.32 Å². The van der Waals surface area contributed by atoms with Crippen LogP contribution >= 0.6 is 11.6 Å². The Bertz CT molecular complexity index is 1320. The van der Waals surface area contributed by atoms with Crippen molar-refractivity contribution < 1.29 is 13.2 Å². The van der Waals surface area contributed by atoms with Crippen LogP contribution in [-0.4, -0.2) is 96.5 Å². The van der Waals surface area contributed by atoms with Gasteiger partial charge in [-0.15, -0.1) is 0 Å². The van der Waals surface area contributed by atoms with Gasteiger partial charge in [-0.25, -0.2) is 22.7 Å². The van der Waals surface area contributed by atoms with E-state index in [-0.39, 0.29) is 11.9 Å². The number of hydrogen-bond donors (Lipinski definition) is 1. The maximum atomic E-state index is 13.5. The van der Waals surface area contributed by atoms with Crippen LogP contribution in [0, 0.1) is 12.8 Å². The highest BCUT2D eigenvalue weighted by Gasteiger charge is 2.33. The molecule has 0 spiro atoms. The summed E-state index contributed by atoms with van der Waals surface area (Å²) in [5, 5.41) is 4.32. The van der Waals surface area contributed by atoms with Gasteiger partial charge in [0, 0.05) is 49.4 Å². The van der Waals surface area contributed by atoms with Gasteiger partial charge in [0.25, 0.3) is 5.91 Å². The van der Waals surface area contributed by atoms with Crippen LogP contribution in [-0.2, 0) is 10.0 Å². The number of piperidine rings is 2. The standard InChI is InChI=1S/C31H45ClN6O3S/c1-22-29(31(39)38-17-13-28(14-18-38)37-15-11-27(12-16-37)36(2)42(3,40)41)34-21-35-30(22)33-20-23-5-4-6-25(19-23)24-7-9-26(32)10-8-24/h7-10,21,23,25,27-28H,4-6,11-20H2,1-3H3,(H,33,34,35). The highest BCUT2D eigenvalue weighted by Crippen LogP contribution is 2.37. The number of carbonyl (C=O) groups excluding carboxylic acids is 1. The third-order valence-corrected chi connectivity index (χ3v) is 11.4. The molecule has 1 saturated carbocycles. The molecule has 3 heterocycles. The number of sulfonamides is 1. The molecule has 3 aliphatic rings. The summed E-state index contributed by atoms with van der Waals surface area (Å²) in [6.45, 7) is 5.96. The molecule has 2 aliphatic heterocycles. The maximum Gasteiger partial charge on any atom is 0.272 e. The number of likely N-dealkylation sites (tertiary alicyclic amines) is 2. The van der Waals surface area contributed by atoms with Gasteiger partial charge in [0.2, 0.25) is 10.0 Å². The zero-order chi connectivity index (χ0) is 29.9. The molecule has 1 aromatic heterocycles. The fraction of sp³-hybridized carbons (Fsp3) is 0.645. The summed E-state index contributed by atoms with van der Waals surface area (Å²) in [6, 6.07) is 8.77. The summed E-state index contributed by atoms with van der Waals surface area (Å²) in [6.07, 6.45) is 11.1. The summed E-state index contributed by atoms with van der Waals surface area (Å²) >= 11 is 6.09. The summed E-state index contributed by atoms with van der Waals surface area (Å²) in [5.41, 5.74) is 2.66. The number of carbonyl (C=O) groups is 1. The van der Waals surface area contributed by atoms with Gasteiger partial charge < -0.3 is 15.1 Å². The molecule has 2 unspecified atom stereocenters. The Morgan fingerprint density at radius 1 is 1.02 bits per heavy atom. The SMILES string of the molecule is Cc1c(NCC2CCCC(c3ccc(Cl)cc3)C2)ncnc1C(=O)N1CCC(N2CCC(N(C)S(C)(=O)=O)CC2)CC1. The van der Waals surface area contributed by atoms with Crippen molar-refractivity contribution in [1.82, 2.24) is 24.1 Å². The summed E-state index contributed by atoms with van der Waals surface area (Å²) in [4.78, 5) is 26.8. The predicted octanol–water partition coefficient (Wildman–Crippen LogP) is 4.78. The molecule has 230 valence electrons. The zero-order valence-electron chi connectivity index (χ0n) is 25.1. The first-order chi connectivity index (χ1) is 20.1. The van der Waals surface area contributed by atoms with Crippen molar-refractivity contribution in [3.05, 3.63) is 52.4 Å². The van der Waals surface area contributed by atoms with Crippen molar-refractivity contribution in [2.45, 2.75) is 76.3 Å². The minimum Gasteiger partial charge on any atom is -0.369 e. The lowest BCUT2D eigenvalue weighted by atomic mass is 9.78. The molecule has 42 heavy (non-hydrogen) atoms.